The van der Waals surface area contributed by atoms with Crippen LogP contribution in [0, 0.1) is 13.8 Å². The van der Waals surface area contributed by atoms with Gasteiger partial charge >= 0.3 is 0 Å². The van der Waals surface area contributed by atoms with Crippen molar-refractivity contribution in [2.45, 2.75) is 65.1 Å². The van der Waals surface area contributed by atoms with Crippen LogP contribution in [-0.4, -0.2) is 51.5 Å². The number of aliphatic hydroxyl groups is 1. The summed E-state index contributed by atoms with van der Waals surface area (Å²) in [7, 11) is 0. The number of β-amino-alcohol motifs (C(OH)–C–C–N with tert-alkyl or cyclic N) is 1. The van der Waals surface area contributed by atoms with E-state index in [2.05, 4.69) is 33.5 Å². The van der Waals surface area contributed by atoms with Crippen molar-refractivity contribution in [1.82, 2.24) is 14.5 Å². The first kappa shape index (κ1) is 26.5. The van der Waals surface area contributed by atoms with Gasteiger partial charge in [0, 0.05) is 43.5 Å². The van der Waals surface area contributed by atoms with E-state index in [9.17, 15) is 5.11 Å². The van der Waals surface area contributed by atoms with Crippen molar-refractivity contribution in [2.24, 2.45) is 0 Å². The van der Waals surface area contributed by atoms with Gasteiger partial charge in [0.25, 0.3) is 0 Å². The summed E-state index contributed by atoms with van der Waals surface area (Å²) in [5.41, 5.74) is 2.28. The summed E-state index contributed by atoms with van der Waals surface area (Å²) in [5.74, 6) is 2.75. The molecule has 0 amide bonds. The number of likely N-dealkylation sites (tertiary alicyclic amines) is 1. The third-order valence-corrected chi connectivity index (χ3v) is 7.38. The number of piperidine rings is 1. The first-order valence-electron chi connectivity index (χ1n) is 12.9. The first-order valence-corrected chi connectivity index (χ1v) is 13.3. The highest BCUT2D eigenvalue weighted by atomic mass is 35.5. The molecule has 4 rings (SSSR count). The number of benzene rings is 2. The monoisotopic (exact) mass is 511 g/mol. The van der Waals surface area contributed by atoms with Crippen molar-refractivity contribution >= 4 is 11.6 Å². The largest absolute Gasteiger partial charge is 0.494 e. The molecule has 0 aliphatic carbocycles. The fourth-order valence-corrected chi connectivity index (χ4v) is 5.05. The van der Waals surface area contributed by atoms with Crippen LogP contribution in [0.2, 0.25) is 5.02 Å². The van der Waals surface area contributed by atoms with Crippen LogP contribution >= 0.6 is 11.6 Å². The van der Waals surface area contributed by atoms with Crippen molar-refractivity contribution in [3.05, 3.63) is 76.3 Å². The quantitative estimate of drug-likeness (QED) is 0.340. The lowest BCUT2D eigenvalue weighted by Gasteiger charge is -2.39. The van der Waals surface area contributed by atoms with Crippen molar-refractivity contribution in [1.29, 1.82) is 0 Å². The van der Waals surface area contributed by atoms with E-state index in [-0.39, 0.29) is 6.61 Å². The van der Waals surface area contributed by atoms with Crippen LogP contribution in [0.1, 0.15) is 48.7 Å². The molecule has 6 nitrogen and oxygen atoms in total. The van der Waals surface area contributed by atoms with E-state index < -0.39 is 5.60 Å². The number of aryl methyl sites for hydroxylation is 4. The third-order valence-electron chi connectivity index (χ3n) is 6.79. The third kappa shape index (κ3) is 7.02. The average Bonchev–Trinajstić information content (AvgIpc) is 3.32. The first-order chi connectivity index (χ1) is 17.3. The molecule has 1 aromatic heterocycles. The molecular formula is C29H38ClN3O3. The fourth-order valence-electron chi connectivity index (χ4n) is 4.94. The highest BCUT2D eigenvalue weighted by Gasteiger charge is 2.34. The standard InChI is InChI=1S/C29H38ClN3O3/c1-4-27-31-11-14-33(27)13-7-15-35-25-9-5-8-24(18-25)19-32-12-6-10-29(34,20-32)21-36-26-16-22(2)28(30)23(3)17-26/h5,8-9,11,14,16-18,34H,4,6-7,10,12-13,15,19-21H2,1-3H3/t29-/m0/s1. The van der Waals surface area contributed by atoms with Crippen LogP contribution in [0.3, 0.4) is 0 Å². The minimum absolute atomic E-state index is 0.268. The summed E-state index contributed by atoms with van der Waals surface area (Å²) in [4.78, 5) is 6.67. The highest BCUT2D eigenvalue weighted by molar-refractivity contribution is 6.32. The number of aromatic nitrogens is 2. The number of hydrogen-bond acceptors (Lipinski definition) is 5. The van der Waals surface area contributed by atoms with E-state index in [1.807, 2.05) is 50.5 Å². The number of ether oxygens (including phenoxy) is 2. The van der Waals surface area contributed by atoms with Gasteiger partial charge in [0.1, 0.15) is 29.5 Å². The summed E-state index contributed by atoms with van der Waals surface area (Å²) in [6, 6.07) is 12.1. The molecule has 0 bridgehead atoms. The van der Waals surface area contributed by atoms with Crippen molar-refractivity contribution in [3.63, 3.8) is 0 Å². The molecule has 194 valence electrons. The minimum Gasteiger partial charge on any atom is -0.494 e. The lowest BCUT2D eigenvalue weighted by atomic mass is 9.93. The van der Waals surface area contributed by atoms with E-state index >= 15 is 0 Å². The van der Waals surface area contributed by atoms with Gasteiger partial charge in [-0.2, -0.15) is 0 Å². The molecule has 0 spiro atoms. The topological polar surface area (TPSA) is 59.8 Å². The molecule has 2 heterocycles. The molecule has 3 aromatic rings. The maximum absolute atomic E-state index is 11.3. The Hall–Kier alpha value is -2.54. The van der Waals surface area contributed by atoms with Gasteiger partial charge < -0.3 is 19.1 Å². The summed E-state index contributed by atoms with van der Waals surface area (Å²) in [6.45, 7) is 10.2. The zero-order chi connectivity index (χ0) is 25.5. The van der Waals surface area contributed by atoms with Gasteiger partial charge in [0.05, 0.1) is 6.61 Å². The molecule has 1 aliphatic heterocycles. The van der Waals surface area contributed by atoms with E-state index in [1.54, 1.807) is 0 Å². The molecule has 1 atom stereocenters. The SMILES string of the molecule is CCc1nccn1CCCOc1cccc(CN2CCC[C@@](O)(COc3cc(C)c(Cl)c(C)c3)C2)c1. The van der Waals surface area contributed by atoms with Gasteiger partial charge in [-0.15, -0.1) is 0 Å². The Morgan fingerprint density at radius 3 is 2.69 bits per heavy atom. The number of nitrogens with zero attached hydrogens (tertiary/aromatic N) is 3. The van der Waals surface area contributed by atoms with Crippen molar-refractivity contribution < 1.29 is 14.6 Å². The second kappa shape index (κ2) is 12.1. The van der Waals surface area contributed by atoms with E-state index in [0.29, 0.717) is 13.2 Å². The molecule has 2 aromatic carbocycles. The number of rotatable bonds is 11. The molecule has 0 unspecified atom stereocenters. The molecule has 36 heavy (non-hydrogen) atoms. The number of halogens is 1. The maximum atomic E-state index is 11.3. The molecule has 1 fully saturated rings. The summed E-state index contributed by atoms with van der Waals surface area (Å²) in [6.07, 6.45) is 7.42. The lowest BCUT2D eigenvalue weighted by Crippen LogP contribution is -2.51. The van der Waals surface area contributed by atoms with E-state index in [4.69, 9.17) is 21.1 Å². The Labute approximate surface area is 219 Å². The molecule has 1 saturated heterocycles. The Morgan fingerprint density at radius 1 is 1.11 bits per heavy atom. The predicted molar refractivity (Wildman–Crippen MR) is 144 cm³/mol. The second-order valence-corrected chi connectivity index (χ2v) is 10.3. The zero-order valence-corrected chi connectivity index (χ0v) is 22.4. The molecule has 1 aliphatic rings. The Kier molecular flexibility index (Phi) is 8.94. The Bertz CT molecular complexity index is 1130. The Balaban J connectivity index is 1.27. The maximum Gasteiger partial charge on any atom is 0.120 e. The van der Waals surface area contributed by atoms with Crippen LogP contribution in [0.15, 0.2) is 48.8 Å². The van der Waals surface area contributed by atoms with Crippen molar-refractivity contribution in [3.8, 4) is 11.5 Å². The second-order valence-electron chi connectivity index (χ2n) is 9.94. The van der Waals surface area contributed by atoms with Gasteiger partial charge in [-0.3, -0.25) is 4.90 Å². The fraction of sp³-hybridized carbons (Fsp3) is 0.483. The highest BCUT2D eigenvalue weighted by Crippen LogP contribution is 2.28. The van der Waals surface area contributed by atoms with Crippen LogP contribution < -0.4 is 9.47 Å². The van der Waals surface area contributed by atoms with Gasteiger partial charge in [-0.1, -0.05) is 30.7 Å². The smallest absolute Gasteiger partial charge is 0.120 e. The Morgan fingerprint density at radius 2 is 1.92 bits per heavy atom. The van der Waals surface area contributed by atoms with Crippen LogP contribution in [0.4, 0.5) is 0 Å². The summed E-state index contributed by atoms with van der Waals surface area (Å²) in [5, 5.41) is 12.0. The summed E-state index contributed by atoms with van der Waals surface area (Å²) >= 11 is 6.28. The van der Waals surface area contributed by atoms with Gasteiger partial charge in [0.15, 0.2) is 0 Å². The molecule has 0 radical (unpaired) electrons. The molecule has 7 heteroatoms. The molecular weight excluding hydrogens is 474 g/mol. The van der Waals surface area contributed by atoms with Crippen LogP contribution in [0.25, 0.3) is 0 Å². The predicted octanol–water partition coefficient (Wildman–Crippen LogP) is 5.59. The van der Waals surface area contributed by atoms with Crippen molar-refractivity contribution in [2.75, 3.05) is 26.3 Å². The van der Waals surface area contributed by atoms with E-state index in [0.717, 1.165) is 78.8 Å². The average molecular weight is 512 g/mol. The summed E-state index contributed by atoms with van der Waals surface area (Å²) < 4.78 is 14.2. The van der Waals surface area contributed by atoms with E-state index in [1.165, 1.54) is 5.56 Å². The number of hydrogen-bond donors (Lipinski definition) is 1. The van der Waals surface area contributed by atoms with Crippen LogP contribution in [-0.2, 0) is 19.5 Å². The van der Waals surface area contributed by atoms with Gasteiger partial charge in [0.2, 0.25) is 0 Å². The van der Waals surface area contributed by atoms with Gasteiger partial charge in [-0.05, 0) is 80.6 Å². The minimum atomic E-state index is -0.877. The zero-order valence-electron chi connectivity index (χ0n) is 21.7. The number of imidazole rings is 1. The van der Waals surface area contributed by atoms with Gasteiger partial charge in [-0.25, -0.2) is 4.98 Å². The normalized spacial score (nSPS) is 18.4. The molecule has 0 saturated carbocycles. The lowest BCUT2D eigenvalue weighted by molar-refractivity contribution is -0.0621. The van der Waals surface area contributed by atoms with Crippen LogP contribution in [0.5, 0.6) is 11.5 Å². The molecule has 1 N–H and O–H groups in total.